The van der Waals surface area contributed by atoms with Crippen molar-refractivity contribution < 1.29 is 35.9 Å². The van der Waals surface area contributed by atoms with Gasteiger partial charge in [-0.3, -0.25) is 4.79 Å². The second-order valence-electron chi connectivity index (χ2n) is 10.2. The van der Waals surface area contributed by atoms with Gasteiger partial charge in [0, 0.05) is 31.0 Å². The molecule has 1 saturated heterocycles. The van der Waals surface area contributed by atoms with E-state index in [1.54, 1.807) is 0 Å². The summed E-state index contributed by atoms with van der Waals surface area (Å²) in [5.74, 6) is 0.0665. The minimum absolute atomic E-state index is 0.0665. The average Bonchev–Trinajstić information content (AvgIpc) is 2.86. The maximum atomic E-state index is 13.2. The number of hydrogen-bond acceptors (Lipinski definition) is 3. The Morgan fingerprint density at radius 1 is 0.974 bits per heavy atom. The van der Waals surface area contributed by atoms with Crippen LogP contribution >= 0.6 is 0 Å². The summed E-state index contributed by atoms with van der Waals surface area (Å²) in [6, 6.07) is 11.1. The number of carbonyl (C=O) groups excluding carboxylic acids is 1. The Hall–Kier alpha value is -2.59. The zero-order chi connectivity index (χ0) is 28.1. The van der Waals surface area contributed by atoms with Crippen LogP contribution < -0.4 is 0 Å². The van der Waals surface area contributed by atoms with Crippen LogP contribution in [0.3, 0.4) is 0 Å². The van der Waals surface area contributed by atoms with Crippen LogP contribution in [0.25, 0.3) is 0 Å². The summed E-state index contributed by atoms with van der Waals surface area (Å²) in [5.41, 5.74) is -2.47. The van der Waals surface area contributed by atoms with Gasteiger partial charge in [-0.2, -0.15) is 26.3 Å². The van der Waals surface area contributed by atoms with Crippen molar-refractivity contribution in [2.24, 2.45) is 0 Å². The van der Waals surface area contributed by atoms with E-state index in [-0.39, 0.29) is 30.2 Å². The van der Waals surface area contributed by atoms with Gasteiger partial charge in [0.2, 0.25) is 5.91 Å². The van der Waals surface area contributed by atoms with Gasteiger partial charge in [-0.25, -0.2) is 0 Å². The molecule has 2 aromatic carbocycles. The van der Waals surface area contributed by atoms with Crippen molar-refractivity contribution in [1.29, 1.82) is 0 Å². The number of rotatable bonds is 9. The van der Waals surface area contributed by atoms with E-state index < -0.39 is 35.5 Å². The molecule has 1 unspecified atom stereocenters. The van der Waals surface area contributed by atoms with Crippen LogP contribution in [0, 0.1) is 0 Å². The van der Waals surface area contributed by atoms with Crippen LogP contribution in [0.4, 0.5) is 26.3 Å². The van der Waals surface area contributed by atoms with E-state index in [0.717, 1.165) is 12.0 Å². The summed E-state index contributed by atoms with van der Waals surface area (Å²) >= 11 is 0. The van der Waals surface area contributed by atoms with Crippen LogP contribution in [-0.4, -0.2) is 55.5 Å². The van der Waals surface area contributed by atoms with Crippen molar-refractivity contribution in [3.63, 3.8) is 0 Å². The molecule has 1 heterocycles. The van der Waals surface area contributed by atoms with Crippen LogP contribution in [0.5, 0.6) is 0 Å². The van der Waals surface area contributed by atoms with E-state index in [4.69, 9.17) is 4.74 Å². The van der Waals surface area contributed by atoms with Gasteiger partial charge in [-0.1, -0.05) is 37.3 Å². The van der Waals surface area contributed by atoms with Gasteiger partial charge in [0.15, 0.2) is 0 Å². The zero-order valence-electron chi connectivity index (χ0n) is 21.8. The number of alkyl halides is 6. The maximum Gasteiger partial charge on any atom is 0.416 e. The van der Waals surface area contributed by atoms with Gasteiger partial charge in [0.1, 0.15) is 0 Å². The molecule has 1 fully saturated rings. The normalized spacial score (nSPS) is 17.1. The monoisotopic (exact) mass is 544 g/mol. The summed E-state index contributed by atoms with van der Waals surface area (Å²) < 4.78 is 85.2. The fourth-order valence-corrected chi connectivity index (χ4v) is 4.98. The van der Waals surface area contributed by atoms with E-state index in [2.05, 4.69) is 0 Å². The molecule has 1 amide bonds. The molecule has 0 saturated carbocycles. The van der Waals surface area contributed by atoms with Crippen molar-refractivity contribution in [2.75, 3.05) is 33.8 Å². The van der Waals surface area contributed by atoms with E-state index in [1.807, 2.05) is 61.2 Å². The van der Waals surface area contributed by atoms with Crippen molar-refractivity contribution in [1.82, 2.24) is 9.80 Å². The highest BCUT2D eigenvalue weighted by molar-refractivity contribution is 5.77. The minimum Gasteiger partial charge on any atom is -0.376 e. The van der Waals surface area contributed by atoms with Gasteiger partial charge in [-0.15, -0.1) is 0 Å². The lowest BCUT2D eigenvalue weighted by molar-refractivity contribution is -0.143. The minimum atomic E-state index is -4.91. The molecule has 1 aliphatic rings. The van der Waals surface area contributed by atoms with Gasteiger partial charge in [0.05, 0.1) is 24.3 Å². The fourth-order valence-electron chi connectivity index (χ4n) is 4.98. The highest BCUT2D eigenvalue weighted by atomic mass is 19.4. The topological polar surface area (TPSA) is 32.8 Å². The smallest absolute Gasteiger partial charge is 0.376 e. The molecule has 10 heteroatoms. The molecule has 0 spiro atoms. The van der Waals surface area contributed by atoms with E-state index in [9.17, 15) is 31.1 Å². The first-order valence-corrected chi connectivity index (χ1v) is 12.6. The number of hydrogen-bond donors (Lipinski definition) is 0. The first-order chi connectivity index (χ1) is 17.7. The number of ether oxygens (including phenoxy) is 1. The number of piperidine rings is 1. The lowest BCUT2D eigenvalue weighted by Crippen LogP contribution is -2.48. The number of carbonyl (C=O) groups is 1. The second-order valence-corrected chi connectivity index (χ2v) is 10.2. The van der Waals surface area contributed by atoms with Crippen LogP contribution in [0.2, 0.25) is 0 Å². The van der Waals surface area contributed by atoms with E-state index in [1.165, 1.54) is 0 Å². The number of likely N-dealkylation sites (tertiary alicyclic amines) is 1. The molecule has 2 aromatic rings. The van der Waals surface area contributed by atoms with Gasteiger partial charge in [0.25, 0.3) is 0 Å². The zero-order valence-corrected chi connectivity index (χ0v) is 21.8. The molecule has 38 heavy (non-hydrogen) atoms. The largest absolute Gasteiger partial charge is 0.416 e. The van der Waals surface area contributed by atoms with Crippen molar-refractivity contribution in [3.8, 4) is 0 Å². The third-order valence-corrected chi connectivity index (χ3v) is 7.37. The number of nitrogens with zero attached hydrogens (tertiary/aromatic N) is 2. The van der Waals surface area contributed by atoms with Crippen molar-refractivity contribution in [2.45, 2.75) is 63.0 Å². The molecule has 0 N–H and O–H groups in total. The highest BCUT2D eigenvalue weighted by Crippen LogP contribution is 2.38. The number of halogens is 6. The number of benzene rings is 2. The SMILES string of the molecule is CCC(CC(=O)N1CCC(COCc2cc(C(F)(F)F)cc(C(F)(F)F)c2)(c2ccccc2)CC1)N(C)C. The van der Waals surface area contributed by atoms with Crippen molar-refractivity contribution in [3.05, 3.63) is 70.8 Å². The van der Waals surface area contributed by atoms with Crippen molar-refractivity contribution >= 4 is 5.91 Å². The van der Waals surface area contributed by atoms with E-state index >= 15 is 0 Å². The molecule has 210 valence electrons. The first kappa shape index (κ1) is 30.0. The second kappa shape index (κ2) is 12.1. The lowest BCUT2D eigenvalue weighted by Gasteiger charge is -2.42. The molecule has 0 bridgehead atoms. The average molecular weight is 545 g/mol. The molecule has 0 aliphatic carbocycles. The Bertz CT molecular complexity index is 1030. The Balaban J connectivity index is 1.75. The summed E-state index contributed by atoms with van der Waals surface area (Å²) in [6.45, 7) is 2.72. The van der Waals surface area contributed by atoms with Gasteiger partial charge in [-0.05, 0) is 62.7 Å². The Morgan fingerprint density at radius 2 is 1.53 bits per heavy atom. The predicted octanol–water partition coefficient (Wildman–Crippen LogP) is 6.53. The number of amides is 1. The summed E-state index contributed by atoms with van der Waals surface area (Å²) in [4.78, 5) is 16.8. The predicted molar refractivity (Wildman–Crippen MR) is 132 cm³/mol. The van der Waals surface area contributed by atoms with Crippen LogP contribution in [-0.2, 0) is 33.9 Å². The molecule has 1 aliphatic heterocycles. The van der Waals surface area contributed by atoms with Gasteiger partial charge >= 0.3 is 12.4 Å². The van der Waals surface area contributed by atoms with Crippen LogP contribution in [0.1, 0.15) is 54.9 Å². The van der Waals surface area contributed by atoms with Crippen LogP contribution in [0.15, 0.2) is 48.5 Å². The fraction of sp³-hybridized carbons (Fsp3) is 0.536. The third-order valence-electron chi connectivity index (χ3n) is 7.37. The highest BCUT2D eigenvalue weighted by Gasteiger charge is 2.39. The molecular formula is C28H34F6N2O2. The summed E-state index contributed by atoms with van der Waals surface area (Å²) in [6.07, 6.45) is -7.43. The quantitative estimate of drug-likeness (QED) is 0.337. The Kier molecular flexibility index (Phi) is 9.52. The molecule has 1 atom stereocenters. The standard InChI is InChI=1S/C28H34F6N2O2/c1-4-24(35(2)3)17-25(37)36-12-10-26(11-13-36,21-8-6-5-7-9-21)19-38-18-20-14-22(27(29,30)31)16-23(15-20)28(32,33)34/h5-9,14-16,24H,4,10-13,17-19H2,1-3H3. The lowest BCUT2D eigenvalue weighted by atomic mass is 9.73. The Labute approximate surface area is 219 Å². The Morgan fingerprint density at radius 3 is 2.00 bits per heavy atom. The molecule has 0 aromatic heterocycles. The molecule has 3 rings (SSSR count). The molecule has 0 radical (unpaired) electrons. The molecular weight excluding hydrogens is 510 g/mol. The maximum absolute atomic E-state index is 13.2. The summed E-state index contributed by atoms with van der Waals surface area (Å²) in [5, 5.41) is 0. The first-order valence-electron chi connectivity index (χ1n) is 12.6. The summed E-state index contributed by atoms with van der Waals surface area (Å²) in [7, 11) is 3.88. The van der Waals surface area contributed by atoms with E-state index in [0.29, 0.717) is 44.5 Å². The third kappa shape index (κ3) is 7.50. The van der Waals surface area contributed by atoms with Gasteiger partial charge < -0.3 is 14.5 Å². The molecule has 4 nitrogen and oxygen atoms in total.